The number of methoxy groups -OCH3 is 1. The molecular weight excluding hydrogens is 392 g/mol. The van der Waals surface area contributed by atoms with Crippen LogP contribution < -0.4 is 10.6 Å². The van der Waals surface area contributed by atoms with Gasteiger partial charge in [0.1, 0.15) is 0 Å². The summed E-state index contributed by atoms with van der Waals surface area (Å²) in [6.45, 7) is 2.65. The average molecular weight is 415 g/mol. The van der Waals surface area contributed by atoms with Crippen LogP contribution in [0.2, 0.25) is 0 Å². The van der Waals surface area contributed by atoms with Crippen LogP contribution in [0.25, 0.3) is 16.8 Å². The first kappa shape index (κ1) is 20.3. The number of halogens is 2. The highest BCUT2D eigenvalue weighted by Crippen LogP contribution is 2.30. The summed E-state index contributed by atoms with van der Waals surface area (Å²) in [5, 5.41) is 10.4. The van der Waals surface area contributed by atoms with Crippen LogP contribution in [0, 0.1) is 0 Å². The molecule has 1 aliphatic rings. The van der Waals surface area contributed by atoms with Gasteiger partial charge in [-0.2, -0.15) is 0 Å². The molecular formula is C20H23F2N7O. The topological polar surface area (TPSA) is 88.7 Å². The lowest BCUT2D eigenvalue weighted by atomic mass is 10.0. The van der Waals surface area contributed by atoms with Crippen LogP contribution >= 0.6 is 0 Å². The normalized spacial score (nSPS) is 16.0. The minimum Gasteiger partial charge on any atom is -0.383 e. The molecule has 0 saturated heterocycles. The summed E-state index contributed by atoms with van der Waals surface area (Å²) < 4.78 is 31.9. The first-order chi connectivity index (χ1) is 14.5. The number of aliphatic imine (C=N–C) groups is 1. The maximum Gasteiger partial charge on any atom is 0.250 e. The zero-order valence-corrected chi connectivity index (χ0v) is 16.8. The van der Waals surface area contributed by atoms with Gasteiger partial charge >= 0.3 is 0 Å². The van der Waals surface area contributed by atoms with Gasteiger partial charge in [-0.3, -0.25) is 9.98 Å². The van der Waals surface area contributed by atoms with Crippen LogP contribution in [-0.2, 0) is 11.2 Å². The van der Waals surface area contributed by atoms with Crippen LogP contribution in [0.1, 0.15) is 12.6 Å². The summed E-state index contributed by atoms with van der Waals surface area (Å²) in [5.74, 6) is 0.512. The maximum atomic E-state index is 12.6. The van der Waals surface area contributed by atoms with Crippen molar-refractivity contribution in [1.82, 2.24) is 24.9 Å². The molecule has 1 atom stereocenters. The molecule has 4 heterocycles. The van der Waals surface area contributed by atoms with Crippen molar-refractivity contribution in [3.05, 3.63) is 36.3 Å². The van der Waals surface area contributed by atoms with Crippen molar-refractivity contribution in [3.8, 4) is 11.3 Å². The Morgan fingerprint density at radius 1 is 1.30 bits per heavy atom. The predicted octanol–water partition coefficient (Wildman–Crippen LogP) is 2.72. The Kier molecular flexibility index (Phi) is 5.96. The molecule has 0 spiro atoms. The summed E-state index contributed by atoms with van der Waals surface area (Å²) in [4.78, 5) is 13.7. The zero-order chi connectivity index (χ0) is 21.1. The highest BCUT2D eigenvalue weighted by atomic mass is 19.3. The SMILES string of the molecule is COCCNc1ncc2c(-c3ccc4c(n3)CC(NCC(F)F)C(C)=N4)ccn2n1. The third-order valence-corrected chi connectivity index (χ3v) is 4.95. The second-order valence-corrected chi connectivity index (χ2v) is 7.03. The molecule has 0 aromatic carbocycles. The van der Waals surface area contributed by atoms with Crippen molar-refractivity contribution in [2.75, 3.05) is 32.1 Å². The standard InChI is InChI=1S/C20H23F2N7O/c1-12-16(24-11-19(21)22)9-17-15(26-12)4-3-14(27-17)13-5-7-29-18(13)10-25-20(28-29)23-6-8-30-2/h3-5,7,10,16,19,24H,6,8-9,11H2,1-2H3,(H,23,28). The molecule has 0 saturated carbocycles. The molecule has 3 aromatic heterocycles. The van der Waals surface area contributed by atoms with Crippen LogP contribution in [-0.4, -0.2) is 64.6 Å². The molecule has 2 N–H and O–H groups in total. The van der Waals surface area contributed by atoms with Crippen molar-refractivity contribution >= 4 is 22.9 Å². The van der Waals surface area contributed by atoms with Gasteiger partial charge in [-0.15, -0.1) is 5.10 Å². The van der Waals surface area contributed by atoms with E-state index in [0.717, 1.165) is 33.9 Å². The number of nitrogens with zero attached hydrogens (tertiary/aromatic N) is 5. The van der Waals surface area contributed by atoms with E-state index in [4.69, 9.17) is 9.72 Å². The number of hydrogen-bond acceptors (Lipinski definition) is 7. The highest BCUT2D eigenvalue weighted by Gasteiger charge is 2.23. The minimum atomic E-state index is -2.40. The van der Waals surface area contributed by atoms with Crippen molar-refractivity contribution in [1.29, 1.82) is 0 Å². The van der Waals surface area contributed by atoms with Gasteiger partial charge < -0.3 is 15.4 Å². The Labute approximate surface area is 172 Å². The van der Waals surface area contributed by atoms with Crippen molar-refractivity contribution in [2.24, 2.45) is 4.99 Å². The number of hydrogen-bond donors (Lipinski definition) is 2. The monoisotopic (exact) mass is 415 g/mol. The fourth-order valence-electron chi connectivity index (χ4n) is 3.42. The summed E-state index contributed by atoms with van der Waals surface area (Å²) in [6.07, 6.45) is 1.71. The molecule has 1 unspecified atom stereocenters. The second-order valence-electron chi connectivity index (χ2n) is 7.03. The Bertz CT molecular complexity index is 1070. The van der Waals surface area contributed by atoms with Crippen molar-refractivity contribution < 1.29 is 13.5 Å². The van der Waals surface area contributed by atoms with Crippen LogP contribution in [0.5, 0.6) is 0 Å². The Hall–Kier alpha value is -2.98. The number of fused-ring (bicyclic) bond motifs is 2. The summed E-state index contributed by atoms with van der Waals surface area (Å²) in [7, 11) is 1.64. The summed E-state index contributed by atoms with van der Waals surface area (Å²) in [5.41, 5.74) is 4.82. The lowest BCUT2D eigenvalue weighted by Crippen LogP contribution is -2.41. The molecule has 158 valence electrons. The van der Waals surface area contributed by atoms with Crippen LogP contribution in [0.15, 0.2) is 35.6 Å². The molecule has 4 rings (SSSR count). The molecule has 0 aliphatic carbocycles. The first-order valence-corrected chi connectivity index (χ1v) is 9.69. The van der Waals surface area contributed by atoms with E-state index in [1.165, 1.54) is 0 Å². The molecule has 10 heteroatoms. The van der Waals surface area contributed by atoms with E-state index in [1.54, 1.807) is 17.8 Å². The van der Waals surface area contributed by atoms with Gasteiger partial charge in [0.05, 0.1) is 48.0 Å². The second kappa shape index (κ2) is 8.80. The summed E-state index contributed by atoms with van der Waals surface area (Å²) in [6, 6.07) is 5.50. The van der Waals surface area contributed by atoms with Crippen molar-refractivity contribution in [2.45, 2.75) is 25.8 Å². The third kappa shape index (κ3) is 4.29. The molecule has 0 bridgehead atoms. The summed E-state index contributed by atoms with van der Waals surface area (Å²) >= 11 is 0. The van der Waals surface area contributed by atoms with Gasteiger partial charge in [-0.25, -0.2) is 18.3 Å². The number of aromatic nitrogens is 4. The molecule has 30 heavy (non-hydrogen) atoms. The lowest BCUT2D eigenvalue weighted by Gasteiger charge is -2.23. The van der Waals surface area contributed by atoms with E-state index < -0.39 is 6.43 Å². The average Bonchev–Trinajstić information content (AvgIpc) is 3.15. The Morgan fingerprint density at radius 2 is 2.17 bits per heavy atom. The number of anilines is 1. The minimum absolute atomic E-state index is 0.246. The molecule has 8 nitrogen and oxygen atoms in total. The molecule has 3 aromatic rings. The van der Waals surface area contributed by atoms with E-state index in [-0.39, 0.29) is 12.6 Å². The number of nitrogens with one attached hydrogen (secondary N) is 2. The van der Waals surface area contributed by atoms with Gasteiger partial charge in [0, 0.05) is 37.5 Å². The maximum absolute atomic E-state index is 12.6. The third-order valence-electron chi connectivity index (χ3n) is 4.95. The number of alkyl halides is 2. The molecule has 0 fully saturated rings. The fraction of sp³-hybridized carbons (Fsp3) is 0.400. The number of pyridine rings is 1. The lowest BCUT2D eigenvalue weighted by molar-refractivity contribution is 0.144. The molecule has 0 radical (unpaired) electrons. The van der Waals surface area contributed by atoms with Gasteiger partial charge in [-0.05, 0) is 25.1 Å². The Balaban J connectivity index is 1.58. The van der Waals surface area contributed by atoms with E-state index >= 15 is 0 Å². The van der Waals surface area contributed by atoms with Crippen LogP contribution in [0.3, 0.4) is 0 Å². The van der Waals surface area contributed by atoms with E-state index in [2.05, 4.69) is 25.7 Å². The smallest absolute Gasteiger partial charge is 0.250 e. The zero-order valence-electron chi connectivity index (χ0n) is 16.8. The van der Waals surface area contributed by atoms with E-state index in [1.807, 2.05) is 31.3 Å². The van der Waals surface area contributed by atoms with Crippen LogP contribution in [0.4, 0.5) is 20.4 Å². The molecule has 1 aliphatic heterocycles. The Morgan fingerprint density at radius 3 is 2.97 bits per heavy atom. The number of rotatable bonds is 8. The van der Waals surface area contributed by atoms with E-state index in [0.29, 0.717) is 25.5 Å². The largest absolute Gasteiger partial charge is 0.383 e. The van der Waals surface area contributed by atoms with Gasteiger partial charge in [0.25, 0.3) is 6.43 Å². The van der Waals surface area contributed by atoms with Gasteiger partial charge in [0.15, 0.2) is 0 Å². The predicted molar refractivity (Wildman–Crippen MR) is 111 cm³/mol. The van der Waals surface area contributed by atoms with E-state index in [9.17, 15) is 8.78 Å². The van der Waals surface area contributed by atoms with Crippen molar-refractivity contribution in [3.63, 3.8) is 0 Å². The quantitative estimate of drug-likeness (QED) is 0.550. The first-order valence-electron chi connectivity index (χ1n) is 9.69. The fourth-order valence-corrected chi connectivity index (χ4v) is 3.42. The molecule has 0 amide bonds. The highest BCUT2D eigenvalue weighted by molar-refractivity contribution is 5.92. The van der Waals surface area contributed by atoms with Gasteiger partial charge in [-0.1, -0.05) is 0 Å². The number of ether oxygens (including phenoxy) is 1. The van der Waals surface area contributed by atoms with Gasteiger partial charge in [0.2, 0.25) is 5.95 Å².